The Morgan fingerprint density at radius 1 is 1.25 bits per heavy atom. The number of aliphatic hydroxyl groups is 1. The zero-order valence-corrected chi connectivity index (χ0v) is 18.5. The normalized spacial score (nSPS) is 25.6. The van der Waals surface area contributed by atoms with Gasteiger partial charge in [-0.2, -0.15) is 0 Å². The lowest BCUT2D eigenvalue weighted by molar-refractivity contribution is -0.109. The second-order valence-corrected chi connectivity index (χ2v) is 8.41. The molecule has 1 amide bonds. The first-order valence-electron chi connectivity index (χ1n) is 11.4. The van der Waals surface area contributed by atoms with Gasteiger partial charge in [-0.3, -0.25) is 5.32 Å². The zero-order valence-electron chi connectivity index (χ0n) is 18.5. The van der Waals surface area contributed by atoms with Gasteiger partial charge in [-0.25, -0.2) is 9.59 Å². The van der Waals surface area contributed by atoms with Crippen LogP contribution in [-0.2, 0) is 20.6 Å². The minimum Gasteiger partial charge on any atom is -0.507 e. The van der Waals surface area contributed by atoms with Crippen molar-refractivity contribution in [2.45, 2.75) is 82.7 Å². The van der Waals surface area contributed by atoms with Gasteiger partial charge in [0.1, 0.15) is 17.4 Å². The lowest BCUT2D eigenvalue weighted by Gasteiger charge is -2.36. The van der Waals surface area contributed by atoms with Gasteiger partial charge < -0.3 is 24.4 Å². The molecule has 2 aliphatic rings. The number of phenols is 1. The molecule has 0 saturated carbocycles. The van der Waals surface area contributed by atoms with Gasteiger partial charge in [-0.05, 0) is 37.3 Å². The molecule has 4 unspecified atom stereocenters. The molecule has 0 aliphatic carbocycles. The van der Waals surface area contributed by atoms with Crippen molar-refractivity contribution in [2.75, 3.05) is 6.61 Å². The van der Waals surface area contributed by atoms with Gasteiger partial charge in [-0.1, -0.05) is 38.0 Å². The van der Waals surface area contributed by atoms with Gasteiger partial charge >= 0.3 is 12.1 Å². The Morgan fingerprint density at radius 2 is 2.06 bits per heavy atom. The SMILES string of the molecule is CCCCCOC(=O)N/C=C/CC1CC2CC(O)CC(Cc3cccc(O)c3C(=O)O1)O2. The largest absolute Gasteiger partial charge is 0.507 e. The number of cyclic esters (lactones) is 1. The molecule has 0 aromatic heterocycles. The highest BCUT2D eigenvalue weighted by atomic mass is 16.6. The predicted octanol–water partition coefficient (Wildman–Crippen LogP) is 3.59. The molecule has 4 atom stereocenters. The highest BCUT2D eigenvalue weighted by Gasteiger charge is 2.34. The van der Waals surface area contributed by atoms with E-state index in [9.17, 15) is 19.8 Å². The zero-order chi connectivity index (χ0) is 22.9. The fourth-order valence-electron chi connectivity index (χ4n) is 4.21. The first kappa shape index (κ1) is 24.1. The van der Waals surface area contributed by atoms with Crippen LogP contribution in [0, 0.1) is 0 Å². The van der Waals surface area contributed by atoms with Crippen LogP contribution in [0.3, 0.4) is 0 Å². The fourth-order valence-corrected chi connectivity index (χ4v) is 4.21. The number of phenolic OH excluding ortho intramolecular Hbond substituents is 1. The van der Waals surface area contributed by atoms with E-state index in [2.05, 4.69) is 12.2 Å². The molecule has 0 spiro atoms. The number of nitrogens with one attached hydrogen (secondary N) is 1. The summed E-state index contributed by atoms with van der Waals surface area (Å²) in [6.07, 6.45) is 6.13. The number of hydrogen-bond acceptors (Lipinski definition) is 7. The molecule has 2 heterocycles. The summed E-state index contributed by atoms with van der Waals surface area (Å²) < 4.78 is 16.9. The first-order valence-corrected chi connectivity index (χ1v) is 11.4. The van der Waals surface area contributed by atoms with E-state index in [1.54, 1.807) is 18.2 Å². The van der Waals surface area contributed by atoms with Crippen molar-refractivity contribution < 1.29 is 34.0 Å². The van der Waals surface area contributed by atoms with E-state index in [0.717, 1.165) is 19.3 Å². The highest BCUT2D eigenvalue weighted by molar-refractivity contribution is 5.94. The van der Waals surface area contributed by atoms with E-state index in [1.165, 1.54) is 12.3 Å². The van der Waals surface area contributed by atoms with E-state index in [-0.39, 0.29) is 23.5 Å². The molecule has 1 aromatic rings. The van der Waals surface area contributed by atoms with E-state index in [0.29, 0.717) is 44.3 Å². The molecule has 2 bridgehead atoms. The number of amides is 1. The summed E-state index contributed by atoms with van der Waals surface area (Å²) in [5, 5.41) is 23.1. The van der Waals surface area contributed by atoms with Crippen LogP contribution in [0.5, 0.6) is 5.75 Å². The number of carbonyl (C=O) groups is 2. The third-order valence-electron chi connectivity index (χ3n) is 5.73. The molecule has 2 aliphatic heterocycles. The van der Waals surface area contributed by atoms with Crippen molar-refractivity contribution in [1.29, 1.82) is 0 Å². The topological polar surface area (TPSA) is 114 Å². The van der Waals surface area contributed by atoms with E-state index in [4.69, 9.17) is 14.2 Å². The van der Waals surface area contributed by atoms with Crippen LogP contribution in [0.1, 0.15) is 67.8 Å². The standard InChI is InChI=1S/C24H33NO7/c1-2-3-4-11-30-24(29)25-10-6-8-18-15-20-14-17(26)13-19(31-20)12-16-7-5-9-21(27)22(16)23(28)32-18/h5-7,9-10,17-20,26-27H,2-4,8,11-15H2,1H3,(H,25,29)/b10-6+. The minimum absolute atomic E-state index is 0.136. The number of unbranched alkanes of at least 4 members (excludes halogenated alkanes) is 2. The molecule has 176 valence electrons. The number of hydrogen-bond donors (Lipinski definition) is 3. The Hall–Kier alpha value is -2.58. The number of fused-ring (bicyclic) bond motifs is 3. The minimum atomic E-state index is -0.583. The Kier molecular flexibility index (Phi) is 8.93. The van der Waals surface area contributed by atoms with Gasteiger partial charge in [0.05, 0.1) is 24.9 Å². The van der Waals surface area contributed by atoms with E-state index >= 15 is 0 Å². The fraction of sp³-hybridized carbons (Fsp3) is 0.583. The van der Waals surface area contributed by atoms with Gasteiger partial charge in [-0.15, -0.1) is 0 Å². The summed E-state index contributed by atoms with van der Waals surface area (Å²) >= 11 is 0. The van der Waals surface area contributed by atoms with Crippen molar-refractivity contribution >= 4 is 12.1 Å². The summed E-state index contributed by atoms with van der Waals surface area (Å²) in [7, 11) is 0. The maximum absolute atomic E-state index is 12.9. The number of esters is 1. The Balaban J connectivity index is 1.65. The molecule has 3 N–H and O–H groups in total. The van der Waals surface area contributed by atoms with Crippen molar-refractivity contribution in [3.05, 3.63) is 41.6 Å². The van der Waals surface area contributed by atoms with Crippen LogP contribution in [0.25, 0.3) is 0 Å². The molecule has 1 aromatic carbocycles. The van der Waals surface area contributed by atoms with Gasteiger partial charge in [0.25, 0.3) is 0 Å². The molecule has 0 radical (unpaired) electrons. The summed E-state index contributed by atoms with van der Waals surface area (Å²) in [6, 6.07) is 4.90. The predicted molar refractivity (Wildman–Crippen MR) is 117 cm³/mol. The molecular formula is C24H33NO7. The summed E-state index contributed by atoms with van der Waals surface area (Å²) in [4.78, 5) is 24.6. The maximum atomic E-state index is 12.9. The van der Waals surface area contributed by atoms with E-state index in [1.807, 2.05) is 0 Å². The number of aliphatic hydroxyl groups excluding tert-OH is 1. The lowest BCUT2D eigenvalue weighted by atomic mass is 9.91. The average molecular weight is 448 g/mol. The van der Waals surface area contributed by atoms with Crippen LogP contribution in [0.2, 0.25) is 0 Å². The number of benzene rings is 1. The molecule has 3 rings (SSSR count). The van der Waals surface area contributed by atoms with Crippen molar-refractivity contribution in [3.63, 3.8) is 0 Å². The van der Waals surface area contributed by atoms with Gasteiger partial charge in [0.15, 0.2) is 0 Å². The van der Waals surface area contributed by atoms with E-state index < -0.39 is 24.3 Å². The Bertz CT molecular complexity index is 810. The highest BCUT2D eigenvalue weighted by Crippen LogP contribution is 2.32. The second kappa shape index (κ2) is 11.9. The first-order chi connectivity index (χ1) is 15.5. The monoisotopic (exact) mass is 447 g/mol. The Morgan fingerprint density at radius 3 is 2.88 bits per heavy atom. The maximum Gasteiger partial charge on any atom is 0.411 e. The number of alkyl carbamates (subject to hydrolysis) is 1. The third kappa shape index (κ3) is 6.97. The van der Waals surface area contributed by atoms with Crippen LogP contribution < -0.4 is 5.32 Å². The summed E-state index contributed by atoms with van der Waals surface area (Å²) in [6.45, 7) is 2.45. The molecule has 32 heavy (non-hydrogen) atoms. The molecule has 1 fully saturated rings. The quantitative estimate of drug-likeness (QED) is 0.432. The molecule has 8 nitrogen and oxygen atoms in total. The van der Waals surface area contributed by atoms with Crippen LogP contribution in [0.4, 0.5) is 4.79 Å². The second-order valence-electron chi connectivity index (χ2n) is 8.41. The lowest BCUT2D eigenvalue weighted by Crippen LogP contribution is -2.40. The number of carbonyl (C=O) groups excluding carboxylic acids is 2. The van der Waals surface area contributed by atoms with Crippen LogP contribution in [0.15, 0.2) is 30.5 Å². The third-order valence-corrected chi connectivity index (χ3v) is 5.73. The van der Waals surface area contributed by atoms with Gasteiger partial charge in [0, 0.05) is 19.0 Å². The van der Waals surface area contributed by atoms with Gasteiger partial charge in [0.2, 0.25) is 0 Å². The van der Waals surface area contributed by atoms with Crippen molar-refractivity contribution in [1.82, 2.24) is 5.32 Å². The summed E-state index contributed by atoms with van der Waals surface area (Å²) in [5.41, 5.74) is 0.772. The summed E-state index contributed by atoms with van der Waals surface area (Å²) in [5.74, 6) is -0.719. The Labute approximate surface area is 188 Å². The smallest absolute Gasteiger partial charge is 0.411 e. The van der Waals surface area contributed by atoms with Crippen molar-refractivity contribution in [3.8, 4) is 5.75 Å². The van der Waals surface area contributed by atoms with Crippen LogP contribution in [-0.4, -0.2) is 53.3 Å². The molecule has 8 heteroatoms. The van der Waals surface area contributed by atoms with Crippen LogP contribution >= 0.6 is 0 Å². The van der Waals surface area contributed by atoms with Crippen molar-refractivity contribution in [2.24, 2.45) is 0 Å². The number of aromatic hydroxyl groups is 1. The number of rotatable bonds is 7. The number of ether oxygens (including phenoxy) is 3. The molecule has 1 saturated heterocycles. The average Bonchev–Trinajstić information content (AvgIpc) is 2.73. The molecular weight excluding hydrogens is 414 g/mol.